The summed E-state index contributed by atoms with van der Waals surface area (Å²) in [6.07, 6.45) is 8.73. The molecule has 0 radical (unpaired) electrons. The topological polar surface area (TPSA) is 0 Å². The van der Waals surface area contributed by atoms with Crippen molar-refractivity contribution in [3.05, 3.63) is 54.6 Å². The third-order valence-electron chi connectivity index (χ3n) is 3.90. The molecule has 0 spiro atoms. The number of benzene rings is 2. The summed E-state index contributed by atoms with van der Waals surface area (Å²) < 4.78 is 0. The third kappa shape index (κ3) is 3.69. The van der Waals surface area contributed by atoms with Crippen LogP contribution in [0.25, 0.3) is 11.1 Å². The number of hydrogen-bond acceptors (Lipinski definition) is 0. The van der Waals surface area contributed by atoms with E-state index in [1.807, 2.05) is 0 Å². The molecule has 0 bridgehead atoms. The molecular formula is C18H22P2. The Hall–Kier alpha value is -0.700. The highest BCUT2D eigenvalue weighted by Gasteiger charge is 2.12. The van der Waals surface area contributed by atoms with Gasteiger partial charge in [-0.15, -0.1) is 0 Å². The molecule has 1 aliphatic heterocycles. The molecule has 0 aliphatic carbocycles. The van der Waals surface area contributed by atoms with Crippen LogP contribution >= 0.6 is 15.9 Å². The molecule has 0 nitrogen and oxygen atoms in total. The molecule has 1 fully saturated rings. The molecule has 1 aliphatic rings. The van der Waals surface area contributed by atoms with Crippen molar-refractivity contribution in [2.75, 3.05) is 12.3 Å². The highest BCUT2D eigenvalue weighted by molar-refractivity contribution is 8.25. The van der Waals surface area contributed by atoms with E-state index in [-0.39, 0.29) is 7.61 Å². The van der Waals surface area contributed by atoms with Gasteiger partial charge in [-0.1, -0.05) is 83.3 Å². The van der Waals surface area contributed by atoms with Crippen LogP contribution in [-0.4, -0.2) is 12.3 Å². The average Bonchev–Trinajstić information content (AvgIpc) is 2.48. The van der Waals surface area contributed by atoms with Gasteiger partial charge in [0.15, 0.2) is 0 Å². The Labute approximate surface area is 125 Å². The predicted octanol–water partition coefficient (Wildman–Crippen LogP) is 5.63. The maximum Gasteiger partial charge on any atom is -0.0184 e. The lowest BCUT2D eigenvalue weighted by Gasteiger charge is -2.21. The Morgan fingerprint density at radius 1 is 0.700 bits per heavy atom. The molecule has 0 saturated carbocycles. The summed E-state index contributed by atoms with van der Waals surface area (Å²) in [6, 6.07) is 20.1. The van der Waals surface area contributed by atoms with Crippen molar-refractivity contribution in [3.8, 4) is 11.1 Å². The zero-order chi connectivity index (χ0) is 13.6. The van der Waals surface area contributed by atoms with Gasteiger partial charge in [0.25, 0.3) is 0 Å². The zero-order valence-corrected chi connectivity index (χ0v) is 13.8. The van der Waals surface area contributed by atoms with E-state index in [4.69, 9.17) is 0 Å². The van der Waals surface area contributed by atoms with Crippen LogP contribution < -0.4 is 5.30 Å². The number of rotatable bonds is 2. The summed E-state index contributed by atoms with van der Waals surface area (Å²) >= 11 is 0. The fourth-order valence-corrected chi connectivity index (χ4v) is 8.28. The minimum absolute atomic E-state index is 0.136. The van der Waals surface area contributed by atoms with E-state index in [0.29, 0.717) is 0 Å². The van der Waals surface area contributed by atoms with E-state index in [1.165, 1.54) is 57.4 Å². The molecule has 2 heteroatoms. The van der Waals surface area contributed by atoms with Gasteiger partial charge in [-0.3, -0.25) is 0 Å². The monoisotopic (exact) mass is 300 g/mol. The van der Waals surface area contributed by atoms with Crippen molar-refractivity contribution in [1.29, 1.82) is 0 Å². The van der Waals surface area contributed by atoms with Gasteiger partial charge >= 0.3 is 0 Å². The minimum Gasteiger partial charge on any atom is -0.0914 e. The van der Waals surface area contributed by atoms with E-state index in [1.54, 1.807) is 5.30 Å². The van der Waals surface area contributed by atoms with Crippen LogP contribution in [0.5, 0.6) is 0 Å². The van der Waals surface area contributed by atoms with E-state index >= 15 is 0 Å². The van der Waals surface area contributed by atoms with Crippen LogP contribution in [-0.2, 0) is 0 Å². The Kier molecular flexibility index (Phi) is 5.23. The maximum atomic E-state index is 2.39. The van der Waals surface area contributed by atoms with Crippen LogP contribution in [0.4, 0.5) is 0 Å². The molecule has 0 amide bonds. The second-order valence-corrected chi connectivity index (χ2v) is 10.6. The second kappa shape index (κ2) is 7.35. The van der Waals surface area contributed by atoms with E-state index in [9.17, 15) is 0 Å². The van der Waals surface area contributed by atoms with Crippen molar-refractivity contribution in [2.24, 2.45) is 0 Å². The van der Waals surface area contributed by atoms with E-state index in [2.05, 4.69) is 54.6 Å². The predicted molar refractivity (Wildman–Crippen MR) is 94.9 cm³/mol. The molecule has 0 aromatic heterocycles. The Morgan fingerprint density at radius 3 is 2.20 bits per heavy atom. The summed E-state index contributed by atoms with van der Waals surface area (Å²) in [5.41, 5.74) is 2.67. The molecule has 104 valence electrons. The van der Waals surface area contributed by atoms with Gasteiger partial charge in [0.1, 0.15) is 0 Å². The molecule has 1 saturated heterocycles. The van der Waals surface area contributed by atoms with Crippen LogP contribution in [0.15, 0.2) is 54.6 Å². The smallest absolute Gasteiger partial charge is 0.0184 e. The Balaban J connectivity index is 1.75. The van der Waals surface area contributed by atoms with Gasteiger partial charge in [-0.2, -0.15) is 0 Å². The summed E-state index contributed by atoms with van der Waals surface area (Å²) in [4.78, 5) is 0. The summed E-state index contributed by atoms with van der Waals surface area (Å²) in [5.74, 6) is 0. The largest absolute Gasteiger partial charge is 0.0914 e. The molecule has 2 aromatic carbocycles. The third-order valence-corrected chi connectivity index (χ3v) is 9.80. The SMILES string of the molecule is c1ccc(-c2ccc(P3CCCCCCP3)cc2)cc1. The highest BCUT2D eigenvalue weighted by atomic mass is 32.0. The van der Waals surface area contributed by atoms with E-state index in [0.717, 1.165) is 0 Å². The van der Waals surface area contributed by atoms with Gasteiger partial charge in [-0.05, 0) is 41.6 Å². The minimum atomic E-state index is 0.136. The van der Waals surface area contributed by atoms with Crippen molar-refractivity contribution in [2.45, 2.75) is 25.7 Å². The van der Waals surface area contributed by atoms with Crippen LogP contribution in [0, 0.1) is 0 Å². The normalized spacial score (nSPS) is 21.3. The van der Waals surface area contributed by atoms with Gasteiger partial charge in [-0.25, -0.2) is 0 Å². The van der Waals surface area contributed by atoms with Crippen LogP contribution in [0.3, 0.4) is 0 Å². The summed E-state index contributed by atoms with van der Waals surface area (Å²) in [5, 5.41) is 1.62. The van der Waals surface area contributed by atoms with Crippen LogP contribution in [0.2, 0.25) is 0 Å². The standard InChI is InChI=1S/C18H22P2/c1-2-7-15-20(19-14-6-1)18-12-10-17(11-13-18)16-8-4-3-5-9-16/h3-5,8-13,19H,1-2,6-7,14-15H2. The molecule has 2 aromatic rings. The fourth-order valence-electron chi connectivity index (χ4n) is 2.73. The first-order chi connectivity index (χ1) is 9.93. The van der Waals surface area contributed by atoms with Crippen molar-refractivity contribution in [1.82, 2.24) is 0 Å². The molecule has 1 heterocycles. The Bertz CT molecular complexity index is 511. The van der Waals surface area contributed by atoms with E-state index < -0.39 is 0 Å². The first-order valence-corrected chi connectivity index (χ1v) is 11.2. The molecule has 2 atom stereocenters. The van der Waals surface area contributed by atoms with Gasteiger partial charge in [0.05, 0.1) is 0 Å². The molecule has 0 N–H and O–H groups in total. The first kappa shape index (κ1) is 14.2. The van der Waals surface area contributed by atoms with Gasteiger partial charge < -0.3 is 0 Å². The maximum absolute atomic E-state index is 2.39. The quantitative estimate of drug-likeness (QED) is 0.631. The molecule has 20 heavy (non-hydrogen) atoms. The van der Waals surface area contributed by atoms with Gasteiger partial charge in [0.2, 0.25) is 0 Å². The van der Waals surface area contributed by atoms with Crippen LogP contribution in [0.1, 0.15) is 25.7 Å². The molecule has 3 rings (SSSR count). The fraction of sp³-hybridized carbons (Fsp3) is 0.333. The molecule has 2 unspecified atom stereocenters. The Morgan fingerprint density at radius 2 is 1.40 bits per heavy atom. The lowest BCUT2D eigenvalue weighted by Crippen LogP contribution is -2.02. The second-order valence-electron chi connectivity index (χ2n) is 5.39. The lowest BCUT2D eigenvalue weighted by molar-refractivity contribution is 0.707. The zero-order valence-electron chi connectivity index (χ0n) is 11.9. The van der Waals surface area contributed by atoms with Crippen molar-refractivity contribution >= 4 is 21.2 Å². The van der Waals surface area contributed by atoms with Gasteiger partial charge in [0, 0.05) is 0 Å². The first-order valence-electron chi connectivity index (χ1n) is 7.60. The van der Waals surface area contributed by atoms with Crippen molar-refractivity contribution in [3.63, 3.8) is 0 Å². The highest BCUT2D eigenvalue weighted by Crippen LogP contribution is 2.56. The summed E-state index contributed by atoms with van der Waals surface area (Å²) in [6.45, 7) is 0. The summed E-state index contributed by atoms with van der Waals surface area (Å²) in [7, 11) is 1.32. The lowest BCUT2D eigenvalue weighted by atomic mass is 10.1. The number of hydrogen-bond donors (Lipinski definition) is 0. The molecular weight excluding hydrogens is 278 g/mol. The average molecular weight is 300 g/mol. The van der Waals surface area contributed by atoms with Crippen molar-refractivity contribution < 1.29 is 0 Å².